The molecule has 6 nitrogen and oxygen atoms in total. The van der Waals surface area contributed by atoms with Gasteiger partial charge in [-0.1, -0.05) is 5.16 Å². The summed E-state index contributed by atoms with van der Waals surface area (Å²) in [4.78, 5) is 11.5. The van der Waals surface area contributed by atoms with Gasteiger partial charge in [-0.3, -0.25) is 0 Å². The van der Waals surface area contributed by atoms with E-state index < -0.39 is 0 Å². The van der Waals surface area contributed by atoms with Gasteiger partial charge in [0.15, 0.2) is 0 Å². The second-order valence-electron chi connectivity index (χ2n) is 7.34. The van der Waals surface area contributed by atoms with Gasteiger partial charge in [0.1, 0.15) is 23.1 Å². The third-order valence-corrected chi connectivity index (χ3v) is 5.37. The van der Waals surface area contributed by atoms with Crippen molar-refractivity contribution in [1.82, 2.24) is 20.4 Å². The molecule has 1 fully saturated rings. The summed E-state index contributed by atoms with van der Waals surface area (Å²) >= 11 is 0. The van der Waals surface area contributed by atoms with Gasteiger partial charge in [-0.2, -0.15) is 0 Å². The van der Waals surface area contributed by atoms with Crippen LogP contribution >= 0.6 is 0 Å². The molecule has 25 heavy (non-hydrogen) atoms. The van der Waals surface area contributed by atoms with Crippen molar-refractivity contribution in [2.75, 3.05) is 25.0 Å². The Morgan fingerprint density at radius 3 is 2.96 bits per heavy atom. The molecular weight excluding hydrogens is 314 g/mol. The van der Waals surface area contributed by atoms with Crippen molar-refractivity contribution in [3.05, 3.63) is 34.6 Å². The van der Waals surface area contributed by atoms with Crippen LogP contribution in [0.3, 0.4) is 0 Å². The summed E-state index contributed by atoms with van der Waals surface area (Å²) in [6.45, 7) is 4.84. The zero-order valence-corrected chi connectivity index (χ0v) is 15.2. The number of anilines is 1. The van der Waals surface area contributed by atoms with Crippen LogP contribution in [0.1, 0.15) is 60.1 Å². The fourth-order valence-corrected chi connectivity index (χ4v) is 3.96. The van der Waals surface area contributed by atoms with E-state index in [4.69, 9.17) is 9.51 Å². The predicted molar refractivity (Wildman–Crippen MR) is 96.9 cm³/mol. The van der Waals surface area contributed by atoms with Gasteiger partial charge in [0.2, 0.25) is 0 Å². The fourth-order valence-electron chi connectivity index (χ4n) is 3.96. The fraction of sp³-hybridized carbons (Fsp3) is 0.632. The summed E-state index contributed by atoms with van der Waals surface area (Å²) in [6, 6.07) is 2.15. The minimum atomic E-state index is 0.488. The van der Waals surface area contributed by atoms with Crippen molar-refractivity contribution < 1.29 is 4.52 Å². The second-order valence-corrected chi connectivity index (χ2v) is 7.34. The Kier molecular flexibility index (Phi) is 4.70. The van der Waals surface area contributed by atoms with E-state index in [0.717, 1.165) is 61.3 Å². The van der Waals surface area contributed by atoms with E-state index >= 15 is 0 Å². The number of fused-ring (bicyclic) bond motifs is 1. The first-order valence-electron chi connectivity index (χ1n) is 9.44. The number of aromatic nitrogens is 3. The van der Waals surface area contributed by atoms with Crippen molar-refractivity contribution in [3.63, 3.8) is 0 Å². The molecule has 2 aromatic rings. The molecule has 0 saturated carbocycles. The van der Waals surface area contributed by atoms with Gasteiger partial charge in [-0.25, -0.2) is 9.97 Å². The summed E-state index contributed by atoms with van der Waals surface area (Å²) in [5, 5.41) is 7.80. The molecule has 1 atom stereocenters. The lowest BCUT2D eigenvalue weighted by Gasteiger charge is -2.24. The van der Waals surface area contributed by atoms with Gasteiger partial charge in [0.25, 0.3) is 0 Å². The van der Waals surface area contributed by atoms with Crippen molar-refractivity contribution in [3.8, 4) is 0 Å². The van der Waals surface area contributed by atoms with Gasteiger partial charge < -0.3 is 14.7 Å². The molecule has 1 aliphatic heterocycles. The van der Waals surface area contributed by atoms with Crippen molar-refractivity contribution in [1.29, 1.82) is 0 Å². The molecule has 1 saturated heterocycles. The molecule has 6 heteroatoms. The number of rotatable bonds is 4. The maximum absolute atomic E-state index is 5.55. The van der Waals surface area contributed by atoms with E-state index in [-0.39, 0.29) is 0 Å². The SMILES string of the molecule is Cc1nc([C@@H]2CCCNC2)cc(N(C)Cc2noc3c2CCCC3)n1. The van der Waals surface area contributed by atoms with E-state index in [1.807, 2.05) is 6.92 Å². The molecule has 0 bridgehead atoms. The summed E-state index contributed by atoms with van der Waals surface area (Å²) in [5.74, 6) is 3.39. The molecule has 1 N–H and O–H groups in total. The molecule has 2 aliphatic rings. The highest BCUT2D eigenvalue weighted by Gasteiger charge is 2.22. The first-order chi connectivity index (χ1) is 12.2. The van der Waals surface area contributed by atoms with Crippen LogP contribution in [-0.4, -0.2) is 35.3 Å². The number of hydrogen-bond donors (Lipinski definition) is 1. The van der Waals surface area contributed by atoms with E-state index in [2.05, 4.69) is 33.5 Å². The van der Waals surface area contributed by atoms with Crippen LogP contribution in [0, 0.1) is 6.92 Å². The monoisotopic (exact) mass is 341 g/mol. The zero-order valence-electron chi connectivity index (χ0n) is 15.2. The Hall–Kier alpha value is -1.95. The van der Waals surface area contributed by atoms with Crippen LogP contribution in [0.2, 0.25) is 0 Å². The Bertz CT molecular complexity index is 735. The average Bonchev–Trinajstić information content (AvgIpc) is 3.05. The molecule has 4 rings (SSSR count). The topological polar surface area (TPSA) is 67.1 Å². The lowest BCUT2D eigenvalue weighted by molar-refractivity contribution is 0.368. The predicted octanol–water partition coefficient (Wildman–Crippen LogP) is 2.76. The van der Waals surface area contributed by atoms with Crippen LogP contribution in [-0.2, 0) is 19.4 Å². The quantitative estimate of drug-likeness (QED) is 0.922. The van der Waals surface area contributed by atoms with E-state index in [1.54, 1.807) is 0 Å². The second kappa shape index (κ2) is 7.12. The minimum absolute atomic E-state index is 0.488. The van der Waals surface area contributed by atoms with E-state index in [9.17, 15) is 0 Å². The summed E-state index contributed by atoms with van der Waals surface area (Å²) in [5.41, 5.74) is 3.54. The number of hydrogen-bond acceptors (Lipinski definition) is 6. The molecule has 2 aromatic heterocycles. The standard InChI is InChI=1S/C19H27N5O/c1-13-21-16(14-6-5-9-20-11-14)10-19(22-13)24(2)12-17-15-7-3-4-8-18(15)25-23-17/h10,14,20H,3-9,11-12H2,1-2H3/t14-/m1/s1. The lowest BCUT2D eigenvalue weighted by Crippen LogP contribution is -2.29. The molecule has 0 radical (unpaired) electrons. The van der Waals surface area contributed by atoms with Crippen LogP contribution in [0.4, 0.5) is 5.82 Å². The molecular formula is C19H27N5O. The molecule has 3 heterocycles. The van der Waals surface area contributed by atoms with Crippen molar-refractivity contribution in [2.24, 2.45) is 0 Å². The number of nitrogens with one attached hydrogen (secondary N) is 1. The minimum Gasteiger partial charge on any atom is -0.361 e. The van der Waals surface area contributed by atoms with E-state index in [1.165, 1.54) is 31.2 Å². The zero-order chi connectivity index (χ0) is 17.2. The summed E-state index contributed by atoms with van der Waals surface area (Å²) in [6.07, 6.45) is 6.96. The Morgan fingerprint density at radius 1 is 1.24 bits per heavy atom. The summed E-state index contributed by atoms with van der Waals surface area (Å²) in [7, 11) is 2.08. The largest absolute Gasteiger partial charge is 0.361 e. The molecule has 0 spiro atoms. The molecule has 0 aromatic carbocycles. The van der Waals surface area contributed by atoms with Gasteiger partial charge in [-0.05, 0) is 45.6 Å². The molecule has 134 valence electrons. The lowest BCUT2D eigenvalue weighted by atomic mass is 9.95. The average molecular weight is 341 g/mol. The Labute approximate surface area is 149 Å². The van der Waals surface area contributed by atoms with Crippen LogP contribution in [0.15, 0.2) is 10.6 Å². The number of piperidine rings is 1. The number of aryl methyl sites for hydroxylation is 2. The Balaban J connectivity index is 1.54. The maximum atomic E-state index is 5.55. The highest BCUT2D eigenvalue weighted by Crippen LogP contribution is 2.27. The molecule has 1 aliphatic carbocycles. The third-order valence-electron chi connectivity index (χ3n) is 5.37. The van der Waals surface area contributed by atoms with Crippen molar-refractivity contribution >= 4 is 5.82 Å². The first-order valence-corrected chi connectivity index (χ1v) is 9.44. The van der Waals surface area contributed by atoms with Crippen LogP contribution < -0.4 is 10.2 Å². The van der Waals surface area contributed by atoms with Crippen molar-refractivity contribution in [2.45, 2.75) is 57.9 Å². The molecule has 0 unspecified atom stereocenters. The third kappa shape index (κ3) is 3.54. The van der Waals surface area contributed by atoms with Gasteiger partial charge in [0, 0.05) is 37.6 Å². The normalized spacial score (nSPS) is 20.3. The smallest absolute Gasteiger partial charge is 0.140 e. The van der Waals surface area contributed by atoms with Crippen LogP contribution in [0.5, 0.6) is 0 Å². The highest BCUT2D eigenvalue weighted by molar-refractivity contribution is 5.41. The summed E-state index contributed by atoms with van der Waals surface area (Å²) < 4.78 is 5.55. The Morgan fingerprint density at radius 2 is 2.12 bits per heavy atom. The number of nitrogens with zero attached hydrogens (tertiary/aromatic N) is 4. The van der Waals surface area contributed by atoms with E-state index in [0.29, 0.717) is 5.92 Å². The van der Waals surface area contributed by atoms with Gasteiger partial charge in [0.05, 0.1) is 12.2 Å². The van der Waals surface area contributed by atoms with Gasteiger partial charge >= 0.3 is 0 Å². The first kappa shape index (κ1) is 16.5. The van der Waals surface area contributed by atoms with Gasteiger partial charge in [-0.15, -0.1) is 0 Å². The maximum Gasteiger partial charge on any atom is 0.140 e. The van der Waals surface area contributed by atoms with Crippen LogP contribution in [0.25, 0.3) is 0 Å². The highest BCUT2D eigenvalue weighted by atomic mass is 16.5. The molecule has 0 amide bonds.